The van der Waals surface area contributed by atoms with E-state index in [9.17, 15) is 9.50 Å². The van der Waals surface area contributed by atoms with E-state index in [2.05, 4.69) is 4.74 Å². The number of alkyl halides is 2. The highest BCUT2D eigenvalue weighted by molar-refractivity contribution is 6.19. The largest absolute Gasteiger partial charge is 0.357 e. The highest BCUT2D eigenvalue weighted by atomic mass is 35.5. The zero-order chi connectivity index (χ0) is 6.41. The van der Waals surface area contributed by atoms with Crippen molar-refractivity contribution in [1.29, 1.82) is 0 Å². The fourth-order valence-electron chi connectivity index (χ4n) is 0.221. The van der Waals surface area contributed by atoms with Crippen LogP contribution in [0.2, 0.25) is 0 Å². The lowest BCUT2D eigenvalue weighted by Gasteiger charge is -2.02. The van der Waals surface area contributed by atoms with Crippen molar-refractivity contribution >= 4 is 11.6 Å². The van der Waals surface area contributed by atoms with Gasteiger partial charge >= 0.3 is 0 Å². The summed E-state index contributed by atoms with van der Waals surface area (Å²) in [6.07, 6.45) is 0. The molecule has 0 N–H and O–H groups in total. The zero-order valence-corrected chi connectivity index (χ0v) is 5.03. The summed E-state index contributed by atoms with van der Waals surface area (Å²) >= 11 is 5.14. The van der Waals surface area contributed by atoms with E-state index < -0.39 is 18.8 Å². The minimum atomic E-state index is -0.870. The van der Waals surface area contributed by atoms with Crippen molar-refractivity contribution < 1.29 is 14.2 Å². The number of rotatable bonds is 4. The molecular formula is C4H7ClFO2. The third-order valence-corrected chi connectivity index (χ3v) is 0.759. The summed E-state index contributed by atoms with van der Waals surface area (Å²) in [5.41, 5.74) is -0.870. The van der Waals surface area contributed by atoms with E-state index in [1.165, 1.54) is 0 Å². The van der Waals surface area contributed by atoms with Crippen LogP contribution in [0.4, 0.5) is 4.39 Å². The fourth-order valence-corrected chi connectivity index (χ4v) is 0.310. The van der Waals surface area contributed by atoms with Crippen LogP contribution in [0.1, 0.15) is 0 Å². The van der Waals surface area contributed by atoms with Crippen LogP contribution in [0.15, 0.2) is 0 Å². The van der Waals surface area contributed by atoms with Crippen LogP contribution in [0.25, 0.3) is 0 Å². The molecule has 2 nitrogen and oxygen atoms in total. The van der Waals surface area contributed by atoms with E-state index in [-0.39, 0.29) is 6.61 Å². The van der Waals surface area contributed by atoms with Crippen LogP contribution in [0.3, 0.4) is 0 Å². The Morgan fingerprint density at radius 2 is 2.38 bits per heavy atom. The van der Waals surface area contributed by atoms with Gasteiger partial charge in [-0.2, -0.15) is 0 Å². The number of halogens is 2. The number of hydrogen-bond donors (Lipinski definition) is 0. The molecule has 1 unspecified atom stereocenters. The fraction of sp³-hybridized carbons (Fsp3) is 1.00. The molecule has 8 heavy (non-hydrogen) atoms. The molecule has 1 atom stereocenters. The topological polar surface area (TPSA) is 29.1 Å². The molecule has 0 bridgehead atoms. The van der Waals surface area contributed by atoms with Crippen molar-refractivity contribution in [3.8, 4) is 0 Å². The van der Waals surface area contributed by atoms with Crippen LogP contribution < -0.4 is 0 Å². The molecule has 0 fully saturated rings. The van der Waals surface area contributed by atoms with Gasteiger partial charge in [0.1, 0.15) is 13.3 Å². The second-order valence-electron chi connectivity index (χ2n) is 1.14. The zero-order valence-electron chi connectivity index (χ0n) is 4.27. The minimum absolute atomic E-state index is 0.0869. The Bertz CT molecular complexity index is 53.3. The molecule has 49 valence electrons. The molecule has 0 aliphatic heterocycles. The summed E-state index contributed by atoms with van der Waals surface area (Å²) in [7, 11) is 0. The molecule has 0 spiro atoms. The summed E-state index contributed by atoms with van der Waals surface area (Å²) in [4.78, 5) is 0. The third kappa shape index (κ3) is 4.30. The molecule has 0 aliphatic carbocycles. The average molecular weight is 142 g/mol. The Kier molecular flexibility index (Phi) is 5.37. The molecule has 0 saturated carbocycles. The van der Waals surface area contributed by atoms with Gasteiger partial charge < -0.3 is 4.74 Å². The van der Waals surface area contributed by atoms with Crippen molar-refractivity contribution in [1.82, 2.24) is 0 Å². The minimum Gasteiger partial charge on any atom is -0.357 e. The Labute approximate surface area is 52.2 Å². The molecule has 0 aromatic carbocycles. The van der Waals surface area contributed by atoms with E-state index in [4.69, 9.17) is 11.6 Å². The quantitative estimate of drug-likeness (QED) is 0.537. The predicted octanol–water partition coefficient (Wildman–Crippen LogP) is 0.968. The smallest absolute Gasteiger partial charge is 0.157 e. The Morgan fingerprint density at radius 3 is 2.75 bits per heavy atom. The van der Waals surface area contributed by atoms with Gasteiger partial charge in [-0.15, -0.1) is 0 Å². The molecule has 0 aromatic rings. The maximum Gasteiger partial charge on any atom is 0.157 e. The Morgan fingerprint density at radius 1 is 1.75 bits per heavy atom. The van der Waals surface area contributed by atoms with Crippen molar-refractivity contribution in [2.45, 2.75) is 5.56 Å². The van der Waals surface area contributed by atoms with E-state index in [1.807, 2.05) is 0 Å². The highest BCUT2D eigenvalue weighted by Gasteiger charge is 2.00. The Balaban J connectivity index is 2.86. The van der Waals surface area contributed by atoms with E-state index in [0.29, 0.717) is 0 Å². The predicted molar refractivity (Wildman–Crippen MR) is 27.1 cm³/mol. The van der Waals surface area contributed by atoms with Gasteiger partial charge in [-0.05, 0) is 0 Å². The molecular weight excluding hydrogens is 134 g/mol. The maximum absolute atomic E-state index is 11.2. The number of hydrogen-bond acceptors (Lipinski definition) is 1. The molecule has 0 aromatic heterocycles. The van der Waals surface area contributed by atoms with Crippen LogP contribution >= 0.6 is 11.6 Å². The summed E-state index contributed by atoms with van der Waals surface area (Å²) in [5, 5.41) is 9.76. The monoisotopic (exact) mass is 141 g/mol. The van der Waals surface area contributed by atoms with E-state index in [0.717, 1.165) is 0 Å². The molecule has 0 amide bonds. The summed E-state index contributed by atoms with van der Waals surface area (Å²) in [6.45, 7) is -1.21. The summed E-state index contributed by atoms with van der Waals surface area (Å²) < 4.78 is 15.6. The molecule has 0 aliphatic rings. The average Bonchev–Trinajstić information content (AvgIpc) is 1.83. The Hall–Kier alpha value is 0.140. The van der Waals surface area contributed by atoms with Crippen molar-refractivity contribution in [3.05, 3.63) is 0 Å². The van der Waals surface area contributed by atoms with Gasteiger partial charge in [-0.3, -0.25) is 0 Å². The lowest BCUT2D eigenvalue weighted by Crippen LogP contribution is -2.10. The van der Waals surface area contributed by atoms with Gasteiger partial charge in [-0.1, -0.05) is 11.6 Å². The first-order chi connectivity index (χ1) is 3.81. The highest BCUT2D eigenvalue weighted by Crippen LogP contribution is 1.95. The van der Waals surface area contributed by atoms with E-state index >= 15 is 0 Å². The van der Waals surface area contributed by atoms with Crippen molar-refractivity contribution in [2.75, 3.05) is 19.9 Å². The SMILES string of the molecule is [O]CC(Cl)OCCF. The lowest BCUT2D eigenvalue weighted by molar-refractivity contribution is 0.0320. The molecule has 1 radical (unpaired) electrons. The maximum atomic E-state index is 11.2. The van der Waals surface area contributed by atoms with Gasteiger partial charge in [0.2, 0.25) is 0 Å². The summed E-state index contributed by atoms with van der Waals surface area (Å²) in [5.74, 6) is 0. The van der Waals surface area contributed by atoms with Gasteiger partial charge in [0.05, 0.1) is 6.61 Å². The van der Waals surface area contributed by atoms with Crippen molar-refractivity contribution in [3.63, 3.8) is 0 Å². The standard InChI is InChI=1S/C4H7ClFO2/c5-4(3-7)8-2-1-6/h4H,1-3H2. The third-order valence-electron chi connectivity index (χ3n) is 0.507. The van der Waals surface area contributed by atoms with Crippen LogP contribution in [0.5, 0.6) is 0 Å². The first-order valence-corrected chi connectivity index (χ1v) is 2.64. The first-order valence-electron chi connectivity index (χ1n) is 2.21. The van der Waals surface area contributed by atoms with Crippen LogP contribution in [0, 0.1) is 0 Å². The van der Waals surface area contributed by atoms with Gasteiger partial charge in [0.15, 0.2) is 5.56 Å². The second kappa shape index (κ2) is 5.28. The van der Waals surface area contributed by atoms with Gasteiger partial charge in [0.25, 0.3) is 0 Å². The normalized spacial score (nSPS) is 13.9. The van der Waals surface area contributed by atoms with Crippen molar-refractivity contribution in [2.24, 2.45) is 0 Å². The molecule has 0 saturated heterocycles. The lowest BCUT2D eigenvalue weighted by atomic mass is 10.7. The molecule has 4 heteroatoms. The van der Waals surface area contributed by atoms with Gasteiger partial charge in [-0.25, -0.2) is 9.50 Å². The number of ether oxygens (including phenoxy) is 1. The van der Waals surface area contributed by atoms with E-state index in [1.54, 1.807) is 0 Å². The van der Waals surface area contributed by atoms with Crippen LogP contribution in [-0.4, -0.2) is 25.5 Å². The second-order valence-corrected chi connectivity index (χ2v) is 1.62. The molecule has 0 heterocycles. The first kappa shape index (κ1) is 8.14. The van der Waals surface area contributed by atoms with Crippen LogP contribution in [-0.2, 0) is 9.84 Å². The van der Waals surface area contributed by atoms with Gasteiger partial charge in [0, 0.05) is 0 Å². The summed E-state index contributed by atoms with van der Waals surface area (Å²) in [6, 6.07) is 0. The molecule has 0 rings (SSSR count).